The second-order valence-electron chi connectivity index (χ2n) is 42.9. The molecule has 0 aromatic heterocycles. The highest BCUT2D eigenvalue weighted by atomic mass is 79.9. The second-order valence-corrected chi connectivity index (χ2v) is 44.2. The van der Waals surface area contributed by atoms with Crippen molar-refractivity contribution in [2.45, 2.75) is 616 Å². The quantitative estimate of drug-likeness (QED) is 0.0147. The van der Waals surface area contributed by atoms with Crippen LogP contribution >= 0.6 is 31.9 Å². The van der Waals surface area contributed by atoms with Crippen molar-refractivity contribution in [3.8, 4) is 0 Å². The number of rotatable bonds is 94. The maximum absolute atomic E-state index is 12.7. The zero-order valence-electron chi connectivity index (χ0n) is 98.6. The van der Waals surface area contributed by atoms with Crippen LogP contribution in [-0.4, -0.2) is 162 Å². The van der Waals surface area contributed by atoms with Crippen LogP contribution < -0.4 is 5.32 Å². The minimum absolute atomic E-state index is 0.243. The van der Waals surface area contributed by atoms with E-state index in [9.17, 15) is 19.2 Å². The Hall–Kier alpha value is -4.44. The van der Waals surface area contributed by atoms with Gasteiger partial charge in [0.1, 0.15) is 42.4 Å². The number of nitrogens with zero attached hydrogens (tertiary/aromatic N) is 1. The number of allylic oxidation sites excluding steroid dienone is 24. The number of esters is 3. The van der Waals surface area contributed by atoms with Crippen LogP contribution in [0.1, 0.15) is 549 Å². The monoisotopic (exact) mass is 2230 g/mol. The molecule has 0 radical (unpaired) electrons. The van der Waals surface area contributed by atoms with Crippen LogP contribution in [0.15, 0.2) is 146 Å². The summed E-state index contributed by atoms with van der Waals surface area (Å²) in [7, 11) is 7.77. The molecule has 150 heavy (non-hydrogen) atoms. The summed E-state index contributed by atoms with van der Waals surface area (Å²) >= 11 is 6.52. The lowest BCUT2D eigenvalue weighted by Crippen LogP contribution is -2.38. The number of carbonyl (C=O) groups excluding carboxylic acids is 4. The lowest BCUT2D eigenvalue weighted by molar-refractivity contribution is -0.211. The van der Waals surface area contributed by atoms with Gasteiger partial charge in [0, 0.05) is 62.3 Å². The number of hydrogen-bond donors (Lipinski definition) is 4. The number of Topliss-reactive ketones (excluding diaryl/α,β-unsaturated/α-hetero) is 1. The molecular formula is C132H234Br2N2O14. The molecule has 0 saturated carbocycles. The number of aliphatic hydroxyl groups excluding tert-OH is 3. The van der Waals surface area contributed by atoms with Crippen molar-refractivity contribution >= 4 is 55.6 Å². The number of ketones is 1. The Morgan fingerprint density at radius 3 is 0.680 bits per heavy atom. The number of ether oxygens (including phenoxy) is 7. The fraction of sp³-hybridized carbons (Fsp3) is 0.788. The Kier molecular flexibility index (Phi) is 108. The van der Waals surface area contributed by atoms with E-state index in [1.54, 1.807) is 6.92 Å². The van der Waals surface area contributed by atoms with Gasteiger partial charge in [-0.25, -0.2) is 14.4 Å². The molecule has 0 spiro atoms. The summed E-state index contributed by atoms with van der Waals surface area (Å²) in [5.41, 5.74) is 0. The number of unbranched alkanes of at least 4 members (excludes halogenated alkanes) is 54. The highest BCUT2D eigenvalue weighted by Crippen LogP contribution is 2.45. The first-order valence-electron chi connectivity index (χ1n) is 62.4. The average Bonchev–Trinajstić information content (AvgIpc) is 1.61. The van der Waals surface area contributed by atoms with Crippen molar-refractivity contribution < 1.29 is 67.7 Å². The van der Waals surface area contributed by atoms with Gasteiger partial charge in [-0.3, -0.25) is 4.79 Å². The van der Waals surface area contributed by atoms with E-state index in [-0.39, 0.29) is 43.0 Å². The molecule has 5 heterocycles. The summed E-state index contributed by atoms with van der Waals surface area (Å²) in [6.45, 7) is 16.1. The van der Waals surface area contributed by atoms with Gasteiger partial charge in [-0.1, -0.05) is 450 Å². The van der Waals surface area contributed by atoms with Gasteiger partial charge in [0.05, 0.1) is 0 Å². The molecule has 870 valence electrons. The molecule has 16 nitrogen and oxygen atoms in total. The largest absolute Gasteiger partial charge is 0.457 e. The molecular weight excluding hydrogens is 2000 g/mol. The Labute approximate surface area is 940 Å². The zero-order chi connectivity index (χ0) is 110. The number of likely N-dealkylation sites (N-methyl/N-ethyl adjacent to an activating group) is 1. The number of halogens is 2. The molecule has 0 aromatic rings. The molecule has 5 rings (SSSR count). The molecule has 5 saturated heterocycles. The fourth-order valence-electron chi connectivity index (χ4n) is 19.1. The van der Waals surface area contributed by atoms with Crippen LogP contribution in [0.25, 0.3) is 0 Å². The summed E-state index contributed by atoms with van der Waals surface area (Å²) in [4.78, 5) is 49.9. The second kappa shape index (κ2) is 111. The maximum atomic E-state index is 12.7. The third-order valence-electron chi connectivity index (χ3n) is 28.1. The lowest BCUT2D eigenvalue weighted by Gasteiger charge is -2.30. The molecule has 18 heteroatoms. The van der Waals surface area contributed by atoms with Crippen LogP contribution in [0.4, 0.5) is 0 Å². The molecule has 4 N–H and O–H groups in total. The van der Waals surface area contributed by atoms with Crippen LogP contribution in [0, 0.1) is 0 Å². The molecule has 0 unspecified atom stereocenters. The van der Waals surface area contributed by atoms with E-state index in [0.29, 0.717) is 23.0 Å². The maximum Gasteiger partial charge on any atom is 0.338 e. The molecule has 0 aromatic carbocycles. The smallest absolute Gasteiger partial charge is 0.338 e. The standard InChI is InChI=1S/C44H77NO4.C42H71BrO4.C37H66O.C5H7BrO4.C2H7N.C2H6O/c1-5-7-9-11-13-15-17-19-21-23-25-27-29-31-33-35-37-44(48-41-40(39-45(3)4)47-43(46)42(41)49-44)38-36-34-32-30-28-26-24-22-20-18-16-14-12-10-8-6-2;1-3-5-7-9-11-13-15-17-19-21-23-25-27-29-31-33-35-42(46-39-38(37-43)45-41(44)40(39)47-42)36-34-32-30-28-26-24-22-20-18-16-14-12-10-8-6-4-2;1-3-5-7-9-11-13-15-17-19-21-23-25-27-29-31-33-35-37(38)36-34-32-30-28-26-24-22-20-18-16-14-12-10-8-6-4-2;6-1-2-3(7)4(8)5(9)10-2;1-3-2;1-2-3/h13-16,19-22,40-42H,5-12,17-18,23-39H2,1-4H3;11-14,17-20,38-40H,3-10,15-16,21-37H2,1-2H3;11-14,17-20H,3-10,15-16,21-36H2,1-2H3;2-4,7-8H,1H2;3H,1-2H3;3H,2H2,1H3/b15-13-,16-14-,21-19-,22-20-;2*13-11-,14-12-,19-17-,20-18-;;;/t40-,41+,42-;38-,39+,40-;;2-,3+,4-;;/m11.1../s1. The highest BCUT2D eigenvalue weighted by molar-refractivity contribution is 9.09. The third kappa shape index (κ3) is 86.6. The Bertz CT molecular complexity index is 3230. The van der Waals surface area contributed by atoms with Crippen LogP contribution in [0.5, 0.6) is 0 Å². The first-order chi connectivity index (χ1) is 73.5. The molecule has 9 atom stereocenters. The van der Waals surface area contributed by atoms with E-state index in [4.69, 9.17) is 43.7 Å². The van der Waals surface area contributed by atoms with Gasteiger partial charge >= 0.3 is 17.9 Å². The van der Waals surface area contributed by atoms with E-state index >= 15 is 0 Å². The summed E-state index contributed by atoms with van der Waals surface area (Å²) in [5, 5.41) is 29.1. The molecule has 0 aliphatic carbocycles. The van der Waals surface area contributed by atoms with Gasteiger partial charge in [0.15, 0.2) is 29.9 Å². The van der Waals surface area contributed by atoms with E-state index in [2.05, 4.69) is 234 Å². The van der Waals surface area contributed by atoms with E-state index in [0.717, 1.165) is 116 Å². The van der Waals surface area contributed by atoms with Crippen molar-refractivity contribution in [2.24, 2.45) is 0 Å². The lowest BCUT2D eigenvalue weighted by atomic mass is 9.98. The summed E-state index contributed by atoms with van der Waals surface area (Å²) in [5.74, 6) is -2.01. The van der Waals surface area contributed by atoms with Gasteiger partial charge in [0.25, 0.3) is 0 Å². The number of cyclic esters (lactones) is 3. The molecule has 0 bridgehead atoms. The predicted molar refractivity (Wildman–Crippen MR) is 649 cm³/mol. The van der Waals surface area contributed by atoms with Gasteiger partial charge < -0.3 is 58.7 Å². The molecule has 5 fully saturated rings. The van der Waals surface area contributed by atoms with Crippen molar-refractivity contribution in [3.05, 3.63) is 146 Å². The summed E-state index contributed by atoms with van der Waals surface area (Å²) in [6.07, 6.45) is 145. The first kappa shape index (κ1) is 146. The van der Waals surface area contributed by atoms with E-state index < -0.39 is 48.1 Å². The number of nitrogens with one attached hydrogen (secondary N) is 1. The third-order valence-corrected chi connectivity index (χ3v) is 29.4. The van der Waals surface area contributed by atoms with Gasteiger partial charge in [-0.15, -0.1) is 0 Å². The van der Waals surface area contributed by atoms with Crippen LogP contribution in [0.3, 0.4) is 0 Å². The van der Waals surface area contributed by atoms with Crippen molar-refractivity contribution in [2.75, 3.05) is 52.0 Å². The van der Waals surface area contributed by atoms with Crippen LogP contribution in [0.2, 0.25) is 0 Å². The predicted octanol–water partition coefficient (Wildman–Crippen LogP) is 37.4. The van der Waals surface area contributed by atoms with E-state index in [1.165, 1.54) is 385 Å². The summed E-state index contributed by atoms with van der Waals surface area (Å²) in [6, 6.07) is 0. The number of aliphatic hydroxyl groups is 3. The van der Waals surface area contributed by atoms with Gasteiger partial charge in [0.2, 0.25) is 0 Å². The zero-order valence-corrected chi connectivity index (χ0v) is 102. The van der Waals surface area contributed by atoms with Crippen molar-refractivity contribution in [1.82, 2.24) is 10.2 Å². The average molecular weight is 2230 g/mol. The number of hydrogen-bond acceptors (Lipinski definition) is 16. The Balaban J connectivity index is 0.00000207. The minimum atomic E-state index is -1.37. The Morgan fingerprint density at radius 1 is 0.287 bits per heavy atom. The molecule has 5 aliphatic heterocycles. The van der Waals surface area contributed by atoms with E-state index in [1.807, 2.05) is 28.2 Å². The fourth-order valence-corrected chi connectivity index (χ4v) is 20.1. The van der Waals surface area contributed by atoms with Gasteiger partial charge in [-0.2, -0.15) is 0 Å². The minimum Gasteiger partial charge on any atom is -0.457 e. The number of carbonyl (C=O) groups is 4. The normalized spacial score (nSPS) is 19.3. The van der Waals surface area contributed by atoms with Crippen molar-refractivity contribution in [3.63, 3.8) is 0 Å². The first-order valence-corrected chi connectivity index (χ1v) is 64.7. The van der Waals surface area contributed by atoms with Crippen molar-refractivity contribution in [1.29, 1.82) is 0 Å². The molecule has 5 aliphatic rings. The highest BCUT2D eigenvalue weighted by Gasteiger charge is 2.60. The SMILES string of the molecule is CCCCC/C=C\C/C=C\CCCCCCCCC(=O)CCCCCCCC/C=C\C/C=C\CCCCC.CCCCC/C=C\C/C=C\CCCCCCCCC1(CCCCCCCC/C=C\C/C=C\CCCCC)O[C@H]2[C@@H](CBr)OC(=O)[C@@H]2O1.CCCCC/C=C\C/C=C\CCCCCCCCC1(CCCCCCCC/C=C\C/C=C\CCCCC)O[C@H]2[C@@H](CN(C)C)OC(=O)[C@@H]2O1.CCO.CNC.O=C1O[C@H](CBr)[C@H](O)[C@H]1O. The number of alkyl halides is 2. The molecule has 0 amide bonds. The Morgan fingerprint density at radius 2 is 0.480 bits per heavy atom. The number of fused-ring (bicyclic) bond motifs is 2. The summed E-state index contributed by atoms with van der Waals surface area (Å²) < 4.78 is 41.9. The topological polar surface area (TPSA) is 209 Å². The van der Waals surface area contributed by atoms with Crippen LogP contribution in [-0.2, 0) is 52.3 Å². The van der Waals surface area contributed by atoms with Gasteiger partial charge in [-0.05, 0) is 266 Å².